The summed E-state index contributed by atoms with van der Waals surface area (Å²) in [7, 11) is 3.07. The van der Waals surface area contributed by atoms with Gasteiger partial charge in [-0.05, 0) is 13.3 Å². The quantitative estimate of drug-likeness (QED) is 0.819. The third-order valence-electron chi connectivity index (χ3n) is 3.38. The summed E-state index contributed by atoms with van der Waals surface area (Å²) in [5.41, 5.74) is 6.87. The van der Waals surface area contributed by atoms with Gasteiger partial charge < -0.3 is 25.3 Å². The highest BCUT2D eigenvalue weighted by Crippen LogP contribution is 2.35. The maximum Gasteiger partial charge on any atom is 0.229 e. The first-order chi connectivity index (χ1) is 9.55. The Bertz CT molecular complexity index is 504. The van der Waals surface area contributed by atoms with Crippen molar-refractivity contribution < 1.29 is 19.0 Å². The van der Waals surface area contributed by atoms with E-state index in [-0.39, 0.29) is 17.9 Å². The fourth-order valence-electron chi connectivity index (χ4n) is 2.24. The van der Waals surface area contributed by atoms with Gasteiger partial charge in [0.1, 0.15) is 0 Å². The van der Waals surface area contributed by atoms with E-state index in [2.05, 4.69) is 5.32 Å². The average Bonchev–Trinajstić information content (AvgIpc) is 2.87. The molecule has 6 nitrogen and oxygen atoms in total. The molecule has 0 spiro atoms. The van der Waals surface area contributed by atoms with Crippen LogP contribution in [-0.2, 0) is 9.53 Å². The topological polar surface area (TPSA) is 82.8 Å². The predicted octanol–water partition coefficient (Wildman–Crippen LogP) is 1.65. The molecule has 1 aliphatic rings. The number of amides is 1. The van der Waals surface area contributed by atoms with Crippen molar-refractivity contribution >= 4 is 17.3 Å². The second-order valence-electron chi connectivity index (χ2n) is 4.86. The summed E-state index contributed by atoms with van der Waals surface area (Å²) in [5.74, 6) is 0.819. The van der Waals surface area contributed by atoms with Crippen LogP contribution >= 0.6 is 0 Å². The average molecular weight is 280 g/mol. The molecule has 1 heterocycles. The highest BCUT2D eigenvalue weighted by molar-refractivity contribution is 5.96. The number of benzene rings is 1. The Balaban J connectivity index is 2.14. The van der Waals surface area contributed by atoms with Gasteiger partial charge >= 0.3 is 0 Å². The minimum absolute atomic E-state index is 0.0896. The van der Waals surface area contributed by atoms with E-state index in [9.17, 15) is 4.79 Å². The zero-order valence-electron chi connectivity index (χ0n) is 11.9. The van der Waals surface area contributed by atoms with Gasteiger partial charge in [0, 0.05) is 12.1 Å². The van der Waals surface area contributed by atoms with Crippen molar-refractivity contribution in [2.24, 2.45) is 5.92 Å². The SMILES string of the molecule is COc1cc(N)c(NC(=O)C2COC(C)C2)cc1OC. The standard InChI is InChI=1S/C14H20N2O4/c1-8-4-9(7-20-8)14(17)16-11-6-13(19-3)12(18-2)5-10(11)15/h5-6,8-9H,4,7,15H2,1-3H3,(H,16,17). The van der Waals surface area contributed by atoms with Gasteiger partial charge in [0.15, 0.2) is 11.5 Å². The third kappa shape index (κ3) is 2.96. The number of hydrogen-bond acceptors (Lipinski definition) is 5. The molecule has 3 N–H and O–H groups in total. The molecule has 2 unspecified atom stereocenters. The number of anilines is 2. The van der Waals surface area contributed by atoms with Crippen molar-refractivity contribution in [3.63, 3.8) is 0 Å². The van der Waals surface area contributed by atoms with Crippen LogP contribution in [0.25, 0.3) is 0 Å². The first-order valence-electron chi connectivity index (χ1n) is 6.49. The first-order valence-corrected chi connectivity index (χ1v) is 6.49. The monoisotopic (exact) mass is 280 g/mol. The number of ether oxygens (including phenoxy) is 3. The molecule has 1 aromatic carbocycles. The van der Waals surface area contributed by atoms with E-state index in [0.717, 1.165) is 6.42 Å². The van der Waals surface area contributed by atoms with Crippen LogP contribution in [0.1, 0.15) is 13.3 Å². The Morgan fingerprint density at radius 3 is 2.55 bits per heavy atom. The van der Waals surface area contributed by atoms with E-state index in [4.69, 9.17) is 19.9 Å². The summed E-state index contributed by atoms with van der Waals surface area (Å²) >= 11 is 0. The van der Waals surface area contributed by atoms with Gasteiger partial charge in [0.05, 0.1) is 44.2 Å². The number of nitrogen functional groups attached to an aromatic ring is 1. The zero-order valence-corrected chi connectivity index (χ0v) is 11.9. The van der Waals surface area contributed by atoms with Crippen LogP contribution < -0.4 is 20.5 Å². The fraction of sp³-hybridized carbons (Fsp3) is 0.500. The lowest BCUT2D eigenvalue weighted by molar-refractivity contribution is -0.119. The molecule has 2 atom stereocenters. The van der Waals surface area contributed by atoms with Crippen LogP contribution in [0.15, 0.2) is 12.1 Å². The lowest BCUT2D eigenvalue weighted by Crippen LogP contribution is -2.23. The van der Waals surface area contributed by atoms with Crippen LogP contribution in [0, 0.1) is 5.92 Å². The number of rotatable bonds is 4. The summed E-state index contributed by atoms with van der Waals surface area (Å²) in [6.45, 7) is 2.40. The van der Waals surface area contributed by atoms with E-state index in [1.54, 1.807) is 12.1 Å². The van der Waals surface area contributed by atoms with Crippen molar-refractivity contribution in [3.8, 4) is 11.5 Å². The van der Waals surface area contributed by atoms with Crippen LogP contribution in [-0.4, -0.2) is 32.8 Å². The Hall–Kier alpha value is -1.95. The van der Waals surface area contributed by atoms with E-state index in [1.165, 1.54) is 14.2 Å². The first kappa shape index (κ1) is 14.5. The molecule has 1 saturated heterocycles. The molecule has 110 valence electrons. The lowest BCUT2D eigenvalue weighted by atomic mass is 10.1. The molecule has 1 aliphatic heterocycles. The summed E-state index contributed by atoms with van der Waals surface area (Å²) in [6, 6.07) is 3.29. The molecule has 0 aromatic heterocycles. The van der Waals surface area contributed by atoms with E-state index in [0.29, 0.717) is 29.5 Å². The van der Waals surface area contributed by atoms with Crippen molar-refractivity contribution in [1.82, 2.24) is 0 Å². The second kappa shape index (κ2) is 6.00. The molecule has 1 fully saturated rings. The summed E-state index contributed by atoms with van der Waals surface area (Å²) < 4.78 is 15.8. The fourth-order valence-corrected chi connectivity index (χ4v) is 2.24. The number of nitrogens with two attached hydrogens (primary N) is 1. The Labute approximate surface area is 118 Å². The van der Waals surface area contributed by atoms with E-state index < -0.39 is 0 Å². The molecule has 0 radical (unpaired) electrons. The van der Waals surface area contributed by atoms with Gasteiger partial charge in [-0.25, -0.2) is 0 Å². The molecular weight excluding hydrogens is 260 g/mol. The van der Waals surface area contributed by atoms with Crippen molar-refractivity contribution in [2.75, 3.05) is 31.9 Å². The van der Waals surface area contributed by atoms with Gasteiger partial charge in [-0.1, -0.05) is 0 Å². The maximum absolute atomic E-state index is 12.1. The number of methoxy groups -OCH3 is 2. The van der Waals surface area contributed by atoms with Crippen LogP contribution in [0.5, 0.6) is 11.5 Å². The second-order valence-corrected chi connectivity index (χ2v) is 4.86. The summed E-state index contributed by atoms with van der Waals surface area (Å²) in [5, 5.41) is 2.82. The number of carbonyl (C=O) groups is 1. The maximum atomic E-state index is 12.1. The molecular formula is C14H20N2O4. The third-order valence-corrected chi connectivity index (χ3v) is 3.38. The van der Waals surface area contributed by atoms with Gasteiger partial charge in [-0.2, -0.15) is 0 Å². The van der Waals surface area contributed by atoms with Gasteiger partial charge in [0.25, 0.3) is 0 Å². The smallest absolute Gasteiger partial charge is 0.229 e. The lowest BCUT2D eigenvalue weighted by Gasteiger charge is -2.15. The summed E-state index contributed by atoms with van der Waals surface area (Å²) in [4.78, 5) is 12.1. The van der Waals surface area contributed by atoms with Crippen molar-refractivity contribution in [3.05, 3.63) is 12.1 Å². The summed E-state index contributed by atoms with van der Waals surface area (Å²) in [6.07, 6.45) is 0.840. The Morgan fingerprint density at radius 1 is 1.35 bits per heavy atom. The van der Waals surface area contributed by atoms with Gasteiger partial charge in [-0.15, -0.1) is 0 Å². The Morgan fingerprint density at radius 2 is 2.00 bits per heavy atom. The molecule has 0 bridgehead atoms. The van der Waals surface area contributed by atoms with Gasteiger partial charge in [-0.3, -0.25) is 4.79 Å². The molecule has 20 heavy (non-hydrogen) atoms. The molecule has 2 rings (SSSR count). The van der Waals surface area contributed by atoms with Crippen LogP contribution in [0.3, 0.4) is 0 Å². The number of nitrogens with one attached hydrogen (secondary N) is 1. The molecule has 0 aliphatic carbocycles. The van der Waals surface area contributed by atoms with Crippen molar-refractivity contribution in [2.45, 2.75) is 19.4 Å². The van der Waals surface area contributed by atoms with E-state index >= 15 is 0 Å². The normalized spacial score (nSPS) is 21.6. The number of hydrogen-bond donors (Lipinski definition) is 2. The van der Waals surface area contributed by atoms with Crippen molar-refractivity contribution in [1.29, 1.82) is 0 Å². The molecule has 1 amide bonds. The highest BCUT2D eigenvalue weighted by Gasteiger charge is 2.28. The van der Waals surface area contributed by atoms with Gasteiger partial charge in [0.2, 0.25) is 5.91 Å². The van der Waals surface area contributed by atoms with Crippen LogP contribution in [0.4, 0.5) is 11.4 Å². The van der Waals surface area contributed by atoms with Crippen LogP contribution in [0.2, 0.25) is 0 Å². The zero-order chi connectivity index (χ0) is 14.7. The minimum atomic E-state index is -0.141. The molecule has 6 heteroatoms. The predicted molar refractivity (Wildman–Crippen MR) is 76.1 cm³/mol. The molecule has 1 aromatic rings. The highest BCUT2D eigenvalue weighted by atomic mass is 16.5. The molecule has 0 saturated carbocycles. The number of carbonyl (C=O) groups excluding carboxylic acids is 1. The minimum Gasteiger partial charge on any atom is -0.493 e. The Kier molecular flexibility index (Phi) is 4.34. The largest absolute Gasteiger partial charge is 0.493 e. The van der Waals surface area contributed by atoms with E-state index in [1.807, 2.05) is 6.92 Å².